The molecule has 0 aliphatic rings. The van der Waals surface area contributed by atoms with Gasteiger partial charge >= 0.3 is 0 Å². The predicted octanol–water partition coefficient (Wildman–Crippen LogP) is 3.88. The van der Waals surface area contributed by atoms with Crippen LogP contribution in [0.3, 0.4) is 0 Å². The normalized spacial score (nSPS) is 12.3. The molecule has 0 saturated carbocycles. The van der Waals surface area contributed by atoms with Crippen molar-refractivity contribution in [1.82, 2.24) is 0 Å². The second-order valence-corrected chi connectivity index (χ2v) is 6.05. The lowest BCUT2D eigenvalue weighted by Gasteiger charge is -2.08. The van der Waals surface area contributed by atoms with Crippen LogP contribution in [0.25, 0.3) is 0 Å². The maximum atomic E-state index is 12.2. The Morgan fingerprint density at radius 1 is 1.11 bits per heavy atom. The number of halogens is 2. The van der Waals surface area contributed by atoms with Crippen molar-refractivity contribution in [2.45, 2.75) is 10.6 Å². The number of nitrogen functional groups attached to an aromatic ring is 1. The molecule has 0 heterocycles. The van der Waals surface area contributed by atoms with Crippen LogP contribution in [0.15, 0.2) is 47.4 Å². The zero-order chi connectivity index (χ0) is 13.1. The number of hydrogen-bond acceptors (Lipinski definition) is 2. The first kappa shape index (κ1) is 13.4. The maximum Gasteiger partial charge on any atom is 0.0576 e. The topological polar surface area (TPSA) is 43.1 Å². The third-order valence-corrected chi connectivity index (χ3v) is 4.41. The van der Waals surface area contributed by atoms with Crippen molar-refractivity contribution in [2.24, 2.45) is 0 Å². The summed E-state index contributed by atoms with van der Waals surface area (Å²) in [6.45, 7) is 0. The molecule has 2 aromatic carbocycles. The molecular weight excluding hydrogens is 289 g/mol. The van der Waals surface area contributed by atoms with E-state index in [1.54, 1.807) is 42.5 Å². The van der Waals surface area contributed by atoms with Crippen LogP contribution in [0.2, 0.25) is 10.0 Å². The Labute approximate surface area is 118 Å². The second kappa shape index (κ2) is 5.74. The van der Waals surface area contributed by atoms with Gasteiger partial charge in [-0.05, 0) is 30.3 Å². The molecule has 18 heavy (non-hydrogen) atoms. The van der Waals surface area contributed by atoms with Crippen LogP contribution in [-0.2, 0) is 16.6 Å². The molecule has 0 aromatic heterocycles. The van der Waals surface area contributed by atoms with Crippen LogP contribution in [-0.4, -0.2) is 4.21 Å². The van der Waals surface area contributed by atoms with Crippen LogP contribution in [0.5, 0.6) is 0 Å². The van der Waals surface area contributed by atoms with E-state index in [0.717, 1.165) is 0 Å². The van der Waals surface area contributed by atoms with Gasteiger partial charge in [0.1, 0.15) is 0 Å². The molecule has 5 heteroatoms. The van der Waals surface area contributed by atoms with Gasteiger partial charge in [0.25, 0.3) is 0 Å². The van der Waals surface area contributed by atoms with Crippen molar-refractivity contribution in [3.8, 4) is 0 Å². The van der Waals surface area contributed by atoms with E-state index < -0.39 is 10.8 Å². The summed E-state index contributed by atoms with van der Waals surface area (Å²) in [6.07, 6.45) is 0. The molecule has 2 aromatic rings. The van der Waals surface area contributed by atoms with Crippen molar-refractivity contribution in [1.29, 1.82) is 0 Å². The summed E-state index contributed by atoms with van der Waals surface area (Å²) < 4.78 is 12.2. The fraction of sp³-hybridized carbons (Fsp3) is 0.0769. The van der Waals surface area contributed by atoms with Crippen LogP contribution in [0, 0.1) is 0 Å². The third kappa shape index (κ3) is 3.05. The molecule has 0 bridgehead atoms. The van der Waals surface area contributed by atoms with Crippen molar-refractivity contribution in [2.75, 3.05) is 5.73 Å². The van der Waals surface area contributed by atoms with E-state index >= 15 is 0 Å². The van der Waals surface area contributed by atoms with Gasteiger partial charge in [-0.15, -0.1) is 0 Å². The molecule has 1 unspecified atom stereocenters. The molecule has 2 rings (SSSR count). The minimum Gasteiger partial charge on any atom is -0.398 e. The van der Waals surface area contributed by atoms with Gasteiger partial charge in [0, 0.05) is 26.2 Å². The number of nitrogens with two attached hydrogens (primary N) is 1. The molecule has 94 valence electrons. The summed E-state index contributed by atoms with van der Waals surface area (Å²) in [5, 5.41) is 1.10. The van der Waals surface area contributed by atoms with Gasteiger partial charge in [0.05, 0.1) is 16.6 Å². The highest BCUT2D eigenvalue weighted by atomic mass is 35.5. The van der Waals surface area contributed by atoms with E-state index in [0.29, 0.717) is 26.2 Å². The van der Waals surface area contributed by atoms with Crippen LogP contribution >= 0.6 is 23.2 Å². The summed E-state index contributed by atoms with van der Waals surface area (Å²) in [7, 11) is -1.21. The Morgan fingerprint density at radius 2 is 1.83 bits per heavy atom. The van der Waals surface area contributed by atoms with Crippen molar-refractivity contribution in [3.05, 3.63) is 58.1 Å². The molecule has 0 spiro atoms. The Morgan fingerprint density at radius 3 is 2.50 bits per heavy atom. The highest BCUT2D eigenvalue weighted by Crippen LogP contribution is 2.25. The van der Waals surface area contributed by atoms with E-state index in [2.05, 4.69) is 0 Å². The predicted molar refractivity (Wildman–Crippen MR) is 77.4 cm³/mol. The minimum absolute atomic E-state index is 0.284. The smallest absolute Gasteiger partial charge is 0.0576 e. The zero-order valence-electron chi connectivity index (χ0n) is 9.40. The van der Waals surface area contributed by atoms with Crippen molar-refractivity contribution >= 4 is 39.7 Å². The first-order valence-corrected chi connectivity index (χ1v) is 7.32. The number of anilines is 1. The summed E-state index contributed by atoms with van der Waals surface area (Å²) in [6, 6.07) is 12.2. The van der Waals surface area contributed by atoms with Crippen LogP contribution < -0.4 is 5.73 Å². The number of rotatable bonds is 3. The summed E-state index contributed by atoms with van der Waals surface area (Å²) in [4.78, 5) is 0.668. The Hall–Kier alpha value is -1.03. The molecule has 0 aliphatic heterocycles. The molecule has 0 fully saturated rings. The van der Waals surface area contributed by atoms with Crippen molar-refractivity contribution in [3.63, 3.8) is 0 Å². The van der Waals surface area contributed by atoms with E-state index in [1.807, 2.05) is 0 Å². The fourth-order valence-electron chi connectivity index (χ4n) is 1.55. The van der Waals surface area contributed by atoms with Crippen molar-refractivity contribution < 1.29 is 4.21 Å². The fourth-order valence-corrected chi connectivity index (χ4v) is 3.37. The Bertz CT molecular complexity index is 581. The van der Waals surface area contributed by atoms with Gasteiger partial charge in [-0.25, -0.2) is 0 Å². The van der Waals surface area contributed by atoms with Crippen LogP contribution in [0.4, 0.5) is 5.69 Å². The summed E-state index contributed by atoms with van der Waals surface area (Å²) >= 11 is 11.9. The monoisotopic (exact) mass is 299 g/mol. The molecule has 2 nitrogen and oxygen atoms in total. The molecule has 2 N–H and O–H groups in total. The first-order chi connectivity index (χ1) is 8.58. The Balaban J connectivity index is 2.27. The number of benzene rings is 2. The van der Waals surface area contributed by atoms with Gasteiger partial charge < -0.3 is 5.73 Å². The number of hydrogen-bond donors (Lipinski definition) is 1. The summed E-state index contributed by atoms with van der Waals surface area (Å²) in [5.41, 5.74) is 7.09. The van der Waals surface area contributed by atoms with E-state index in [4.69, 9.17) is 28.9 Å². The molecular formula is C13H11Cl2NOS. The lowest BCUT2D eigenvalue weighted by atomic mass is 10.2. The lowest BCUT2D eigenvalue weighted by molar-refractivity contribution is 0.682. The highest BCUT2D eigenvalue weighted by molar-refractivity contribution is 7.84. The van der Waals surface area contributed by atoms with Gasteiger partial charge in [-0.3, -0.25) is 4.21 Å². The van der Waals surface area contributed by atoms with E-state index in [-0.39, 0.29) is 5.75 Å². The molecule has 0 radical (unpaired) electrons. The average molecular weight is 300 g/mol. The van der Waals surface area contributed by atoms with Gasteiger partial charge in [0.15, 0.2) is 0 Å². The van der Waals surface area contributed by atoms with E-state index in [1.165, 1.54) is 0 Å². The minimum atomic E-state index is -1.21. The largest absolute Gasteiger partial charge is 0.398 e. The standard InChI is InChI=1S/C13H11Cl2NOS/c14-9-3-1-4-10(7-9)18(17)8-11-12(15)5-2-6-13(11)16/h1-7H,8,16H2. The van der Waals surface area contributed by atoms with Crippen LogP contribution in [0.1, 0.15) is 5.56 Å². The van der Waals surface area contributed by atoms with Gasteiger partial charge in [-0.2, -0.15) is 0 Å². The van der Waals surface area contributed by atoms with Gasteiger partial charge in [0.2, 0.25) is 0 Å². The average Bonchev–Trinajstić information content (AvgIpc) is 2.34. The second-order valence-electron chi connectivity index (χ2n) is 3.75. The SMILES string of the molecule is Nc1cccc(Cl)c1CS(=O)c1cccc(Cl)c1. The highest BCUT2D eigenvalue weighted by Gasteiger charge is 2.11. The van der Waals surface area contributed by atoms with Gasteiger partial charge in [-0.1, -0.05) is 35.3 Å². The first-order valence-electron chi connectivity index (χ1n) is 5.25. The maximum absolute atomic E-state index is 12.2. The Kier molecular flexibility index (Phi) is 4.27. The van der Waals surface area contributed by atoms with E-state index in [9.17, 15) is 4.21 Å². The lowest BCUT2D eigenvalue weighted by Crippen LogP contribution is -2.01. The quantitative estimate of drug-likeness (QED) is 0.874. The third-order valence-electron chi connectivity index (χ3n) is 2.49. The summed E-state index contributed by atoms with van der Waals surface area (Å²) in [5.74, 6) is 0.284. The molecule has 1 atom stereocenters. The molecule has 0 amide bonds. The zero-order valence-corrected chi connectivity index (χ0v) is 11.7. The molecule has 0 aliphatic carbocycles. The molecule has 0 saturated heterocycles.